The third-order valence-corrected chi connectivity index (χ3v) is 7.35. The van der Waals surface area contributed by atoms with Gasteiger partial charge in [-0.25, -0.2) is 0 Å². The molecule has 1 aromatic carbocycles. The molecular formula is C28H50BNO2. The Morgan fingerprint density at radius 3 is 1.47 bits per heavy atom. The summed E-state index contributed by atoms with van der Waals surface area (Å²) in [5.41, 5.74) is 1.87. The van der Waals surface area contributed by atoms with Crippen molar-refractivity contribution in [1.29, 1.82) is 0 Å². The van der Waals surface area contributed by atoms with Crippen molar-refractivity contribution in [2.45, 2.75) is 130 Å². The quantitative estimate of drug-likeness (QED) is 0.195. The first-order valence-corrected chi connectivity index (χ1v) is 13.5. The summed E-state index contributed by atoms with van der Waals surface area (Å²) in [5, 5.41) is 0. The van der Waals surface area contributed by atoms with Gasteiger partial charge >= 0.3 is 7.12 Å². The molecule has 1 aromatic rings. The van der Waals surface area contributed by atoms with Gasteiger partial charge in [-0.15, -0.1) is 0 Å². The smallest absolute Gasteiger partial charge is 0.399 e. The topological polar surface area (TPSA) is 21.7 Å². The minimum Gasteiger partial charge on any atom is -0.399 e. The van der Waals surface area contributed by atoms with E-state index in [1.807, 2.05) is 0 Å². The maximum Gasteiger partial charge on any atom is 0.494 e. The lowest BCUT2D eigenvalue weighted by Crippen LogP contribution is -2.41. The third kappa shape index (κ3) is 8.41. The molecule has 0 aromatic heterocycles. The van der Waals surface area contributed by atoms with E-state index in [9.17, 15) is 0 Å². The molecule has 0 bridgehead atoms. The van der Waals surface area contributed by atoms with Gasteiger partial charge in [0.2, 0.25) is 0 Å². The lowest BCUT2D eigenvalue weighted by Gasteiger charge is -2.32. The van der Waals surface area contributed by atoms with Crippen LogP contribution in [0, 0.1) is 0 Å². The molecular weight excluding hydrogens is 393 g/mol. The van der Waals surface area contributed by atoms with Gasteiger partial charge < -0.3 is 14.2 Å². The van der Waals surface area contributed by atoms with Crippen molar-refractivity contribution in [3.8, 4) is 0 Å². The molecule has 0 spiro atoms. The van der Waals surface area contributed by atoms with Crippen LogP contribution in [0.1, 0.15) is 119 Å². The van der Waals surface area contributed by atoms with Gasteiger partial charge in [0.1, 0.15) is 0 Å². The standard InChI is InChI=1S/C28H50BNO2/c1-7-9-11-13-15-17-23-30(24-18-16-14-12-10-8-2)26-21-19-25(20-22-26)29-31-27(3,4)28(5,6)32-29/h19-22H,7-18,23-24H2,1-6H3. The summed E-state index contributed by atoms with van der Waals surface area (Å²) in [7, 11) is -0.278. The van der Waals surface area contributed by atoms with E-state index in [1.165, 1.54) is 82.7 Å². The number of nitrogens with zero attached hydrogens (tertiary/aromatic N) is 1. The largest absolute Gasteiger partial charge is 0.494 e. The minimum atomic E-state index is -0.294. The van der Waals surface area contributed by atoms with Crippen molar-refractivity contribution in [3.05, 3.63) is 24.3 Å². The lowest BCUT2D eigenvalue weighted by atomic mass is 9.79. The normalized spacial score (nSPS) is 17.1. The van der Waals surface area contributed by atoms with Gasteiger partial charge in [-0.1, -0.05) is 90.2 Å². The molecule has 0 radical (unpaired) electrons. The highest BCUT2D eigenvalue weighted by Gasteiger charge is 2.51. The van der Waals surface area contributed by atoms with Crippen molar-refractivity contribution in [2.24, 2.45) is 0 Å². The van der Waals surface area contributed by atoms with Crippen molar-refractivity contribution in [3.63, 3.8) is 0 Å². The van der Waals surface area contributed by atoms with Crippen LogP contribution in [-0.4, -0.2) is 31.4 Å². The zero-order valence-corrected chi connectivity index (χ0v) is 22.0. The van der Waals surface area contributed by atoms with Crippen LogP contribution in [0.4, 0.5) is 5.69 Å². The number of hydrogen-bond donors (Lipinski definition) is 0. The second-order valence-electron chi connectivity index (χ2n) is 10.7. The molecule has 1 aliphatic rings. The maximum absolute atomic E-state index is 6.24. The van der Waals surface area contributed by atoms with Crippen molar-refractivity contribution < 1.29 is 9.31 Å². The van der Waals surface area contributed by atoms with Crippen molar-refractivity contribution >= 4 is 18.3 Å². The highest BCUT2D eigenvalue weighted by molar-refractivity contribution is 6.62. The van der Waals surface area contributed by atoms with Crippen LogP contribution in [-0.2, 0) is 9.31 Å². The number of hydrogen-bond acceptors (Lipinski definition) is 3. The zero-order valence-electron chi connectivity index (χ0n) is 22.0. The summed E-state index contributed by atoms with van der Waals surface area (Å²) >= 11 is 0. The van der Waals surface area contributed by atoms with E-state index in [2.05, 4.69) is 70.7 Å². The molecule has 1 aliphatic heterocycles. The fourth-order valence-electron chi connectivity index (χ4n) is 4.36. The molecule has 0 N–H and O–H groups in total. The van der Waals surface area contributed by atoms with E-state index < -0.39 is 0 Å². The van der Waals surface area contributed by atoms with Crippen molar-refractivity contribution in [1.82, 2.24) is 0 Å². The first-order valence-electron chi connectivity index (χ1n) is 13.5. The summed E-state index contributed by atoms with van der Waals surface area (Å²) in [6, 6.07) is 8.95. The van der Waals surface area contributed by atoms with Crippen LogP contribution in [0.25, 0.3) is 0 Å². The highest BCUT2D eigenvalue weighted by atomic mass is 16.7. The van der Waals surface area contributed by atoms with E-state index in [1.54, 1.807) is 0 Å². The summed E-state index contributed by atoms with van der Waals surface area (Å²) in [5.74, 6) is 0. The maximum atomic E-state index is 6.24. The zero-order chi connectivity index (χ0) is 23.5. The molecule has 4 heteroatoms. The Balaban J connectivity index is 1.93. The summed E-state index contributed by atoms with van der Waals surface area (Å²) in [6.45, 7) is 15.4. The molecule has 1 fully saturated rings. The summed E-state index contributed by atoms with van der Waals surface area (Å²) in [4.78, 5) is 2.60. The number of anilines is 1. The Morgan fingerprint density at radius 1 is 0.625 bits per heavy atom. The van der Waals surface area contributed by atoms with Gasteiger partial charge in [0.05, 0.1) is 11.2 Å². The van der Waals surface area contributed by atoms with E-state index in [-0.39, 0.29) is 18.3 Å². The fraction of sp³-hybridized carbons (Fsp3) is 0.786. The van der Waals surface area contributed by atoms with Crippen LogP contribution in [0.15, 0.2) is 24.3 Å². The first kappa shape index (κ1) is 27.3. The summed E-state index contributed by atoms with van der Waals surface area (Å²) < 4.78 is 12.5. The molecule has 2 rings (SSSR count). The highest BCUT2D eigenvalue weighted by Crippen LogP contribution is 2.36. The Kier molecular flexibility index (Phi) is 11.6. The monoisotopic (exact) mass is 443 g/mol. The van der Waals surface area contributed by atoms with Gasteiger partial charge in [0.25, 0.3) is 0 Å². The Bertz CT molecular complexity index is 597. The van der Waals surface area contributed by atoms with Crippen LogP contribution >= 0.6 is 0 Å². The molecule has 3 nitrogen and oxygen atoms in total. The molecule has 182 valence electrons. The average Bonchev–Trinajstić information content (AvgIpc) is 2.98. The Labute approximate surface area is 199 Å². The first-order chi connectivity index (χ1) is 15.3. The van der Waals surface area contributed by atoms with Crippen LogP contribution in [0.2, 0.25) is 0 Å². The van der Waals surface area contributed by atoms with E-state index in [0.29, 0.717) is 0 Å². The number of unbranched alkanes of at least 4 members (excludes halogenated alkanes) is 10. The number of rotatable bonds is 16. The van der Waals surface area contributed by atoms with Crippen molar-refractivity contribution in [2.75, 3.05) is 18.0 Å². The second-order valence-corrected chi connectivity index (χ2v) is 10.7. The fourth-order valence-corrected chi connectivity index (χ4v) is 4.36. The average molecular weight is 444 g/mol. The number of benzene rings is 1. The van der Waals surface area contributed by atoms with Gasteiger partial charge in [0, 0.05) is 18.8 Å². The van der Waals surface area contributed by atoms with E-state index >= 15 is 0 Å². The SMILES string of the molecule is CCCCCCCCN(CCCCCCCC)c1ccc(B2OC(C)(C)C(C)(C)O2)cc1. The van der Waals surface area contributed by atoms with Gasteiger partial charge in [0.15, 0.2) is 0 Å². The predicted molar refractivity (Wildman–Crippen MR) is 141 cm³/mol. The molecule has 0 unspecified atom stereocenters. The van der Waals surface area contributed by atoms with E-state index in [4.69, 9.17) is 9.31 Å². The van der Waals surface area contributed by atoms with Gasteiger partial charge in [-0.2, -0.15) is 0 Å². The van der Waals surface area contributed by atoms with Crippen LogP contribution in [0.3, 0.4) is 0 Å². The van der Waals surface area contributed by atoms with E-state index in [0.717, 1.165) is 18.6 Å². The molecule has 0 amide bonds. The summed E-state index contributed by atoms with van der Waals surface area (Å²) in [6.07, 6.45) is 16.2. The third-order valence-electron chi connectivity index (χ3n) is 7.35. The molecule has 1 saturated heterocycles. The van der Waals surface area contributed by atoms with Crippen LogP contribution in [0.5, 0.6) is 0 Å². The molecule has 0 atom stereocenters. The molecule has 1 heterocycles. The minimum absolute atomic E-state index is 0.278. The molecule has 0 aliphatic carbocycles. The molecule has 32 heavy (non-hydrogen) atoms. The predicted octanol–water partition coefficient (Wildman–Crippen LogP) is 7.51. The van der Waals surface area contributed by atoms with Gasteiger partial charge in [-0.05, 0) is 58.1 Å². The Hall–Kier alpha value is -0.995. The Morgan fingerprint density at radius 2 is 1.03 bits per heavy atom. The van der Waals surface area contributed by atoms with Gasteiger partial charge in [-0.3, -0.25) is 0 Å². The molecule has 0 saturated carbocycles. The lowest BCUT2D eigenvalue weighted by molar-refractivity contribution is 0.00578. The van der Waals surface area contributed by atoms with Crippen LogP contribution < -0.4 is 10.4 Å². The second kappa shape index (κ2) is 13.6.